The van der Waals surface area contributed by atoms with Crippen molar-refractivity contribution in [2.45, 2.75) is 26.4 Å². The molecular weight excluding hydrogens is 318 g/mol. The van der Waals surface area contributed by atoms with E-state index in [2.05, 4.69) is 38.8 Å². The molecule has 0 radical (unpaired) electrons. The third-order valence-electron chi connectivity index (χ3n) is 4.04. The molecule has 0 aliphatic heterocycles. The van der Waals surface area contributed by atoms with Gasteiger partial charge in [0.2, 0.25) is 11.9 Å². The zero-order valence-electron chi connectivity index (χ0n) is 14.0. The number of carbonyl (C=O) groups is 1. The van der Waals surface area contributed by atoms with Crippen molar-refractivity contribution in [1.82, 2.24) is 30.5 Å². The second-order valence-corrected chi connectivity index (χ2v) is 5.83. The summed E-state index contributed by atoms with van der Waals surface area (Å²) in [5.41, 5.74) is 9.84. The number of aryl methyl sites for hydroxylation is 2. The normalized spacial score (nSPS) is 11.9. The van der Waals surface area contributed by atoms with Crippen LogP contribution >= 0.6 is 0 Å². The molecule has 0 saturated heterocycles. The van der Waals surface area contributed by atoms with Crippen molar-refractivity contribution in [1.29, 1.82) is 0 Å². The number of aromatic nitrogens is 5. The Kier molecular flexibility index (Phi) is 4.69. The highest BCUT2D eigenvalue weighted by atomic mass is 16.2. The average Bonchev–Trinajstić information content (AvgIpc) is 3.01. The zero-order chi connectivity index (χ0) is 17.8. The van der Waals surface area contributed by atoms with Crippen molar-refractivity contribution in [2.24, 2.45) is 0 Å². The maximum absolute atomic E-state index is 12.5. The molecule has 1 aromatic carbocycles. The van der Waals surface area contributed by atoms with Crippen LogP contribution in [0.3, 0.4) is 0 Å². The van der Waals surface area contributed by atoms with Crippen LogP contribution in [0.4, 0.5) is 5.95 Å². The quantitative estimate of drug-likeness (QED) is 0.723. The van der Waals surface area contributed by atoms with Gasteiger partial charge in [-0.05, 0) is 52.6 Å². The fourth-order valence-electron chi connectivity index (χ4n) is 2.52. The number of anilines is 1. The summed E-state index contributed by atoms with van der Waals surface area (Å²) in [7, 11) is 0. The summed E-state index contributed by atoms with van der Waals surface area (Å²) >= 11 is 0. The van der Waals surface area contributed by atoms with E-state index in [9.17, 15) is 4.79 Å². The largest absolute Gasteiger partial charge is 0.367 e. The third-order valence-corrected chi connectivity index (χ3v) is 4.04. The summed E-state index contributed by atoms with van der Waals surface area (Å²) in [5.74, 6) is -0.148. The number of carbonyl (C=O) groups excluding carboxylic acids is 1. The molecule has 0 unspecified atom stereocenters. The van der Waals surface area contributed by atoms with Gasteiger partial charge < -0.3 is 11.1 Å². The molecule has 0 saturated carbocycles. The van der Waals surface area contributed by atoms with E-state index < -0.39 is 0 Å². The van der Waals surface area contributed by atoms with Crippen LogP contribution in [0.25, 0.3) is 0 Å². The van der Waals surface area contributed by atoms with Crippen LogP contribution in [0.2, 0.25) is 0 Å². The molecule has 8 heteroatoms. The molecule has 0 aliphatic rings. The Hall–Kier alpha value is -3.29. The number of amides is 1. The molecule has 3 N–H and O–H groups in total. The molecule has 1 atom stereocenters. The number of rotatable bonds is 5. The van der Waals surface area contributed by atoms with Gasteiger partial charge in [-0.3, -0.25) is 9.78 Å². The second kappa shape index (κ2) is 7.08. The molecular formula is C17H19N7O. The maximum atomic E-state index is 12.5. The molecule has 128 valence electrons. The first-order valence-corrected chi connectivity index (χ1v) is 7.82. The highest BCUT2D eigenvalue weighted by Crippen LogP contribution is 2.23. The summed E-state index contributed by atoms with van der Waals surface area (Å²) in [6.07, 6.45) is 3.44. The minimum Gasteiger partial charge on any atom is -0.367 e. The van der Waals surface area contributed by atoms with Crippen molar-refractivity contribution in [2.75, 3.05) is 5.73 Å². The van der Waals surface area contributed by atoms with E-state index in [1.54, 1.807) is 12.4 Å². The minimum atomic E-state index is -0.321. The van der Waals surface area contributed by atoms with E-state index >= 15 is 0 Å². The predicted molar refractivity (Wildman–Crippen MR) is 92.4 cm³/mol. The monoisotopic (exact) mass is 337 g/mol. The van der Waals surface area contributed by atoms with Crippen LogP contribution in [0.1, 0.15) is 28.3 Å². The lowest BCUT2D eigenvalue weighted by molar-refractivity contribution is -0.122. The first-order chi connectivity index (χ1) is 12.0. The van der Waals surface area contributed by atoms with Gasteiger partial charge in [-0.15, -0.1) is 0 Å². The molecule has 3 rings (SSSR count). The van der Waals surface area contributed by atoms with Crippen molar-refractivity contribution >= 4 is 11.9 Å². The van der Waals surface area contributed by atoms with Crippen molar-refractivity contribution in [3.8, 4) is 0 Å². The van der Waals surface area contributed by atoms with E-state index in [-0.39, 0.29) is 24.4 Å². The average molecular weight is 337 g/mol. The van der Waals surface area contributed by atoms with Gasteiger partial charge in [0.05, 0.1) is 6.04 Å². The Morgan fingerprint density at radius 3 is 2.72 bits per heavy atom. The molecule has 1 amide bonds. The Bertz CT molecular complexity index is 876. The predicted octanol–water partition coefficient (Wildman–Crippen LogP) is 1.17. The highest BCUT2D eigenvalue weighted by molar-refractivity contribution is 5.77. The molecule has 0 spiro atoms. The summed E-state index contributed by atoms with van der Waals surface area (Å²) in [5, 5.41) is 13.7. The molecule has 0 aliphatic carbocycles. The lowest BCUT2D eigenvalue weighted by atomic mass is 9.96. The van der Waals surface area contributed by atoms with Crippen LogP contribution in [-0.4, -0.2) is 31.1 Å². The Balaban J connectivity index is 1.87. The van der Waals surface area contributed by atoms with Gasteiger partial charge in [-0.2, -0.15) is 0 Å². The van der Waals surface area contributed by atoms with Gasteiger partial charge in [0.15, 0.2) is 0 Å². The SMILES string of the molecule is Cc1ccc([C@@H](NC(=O)Cn2nnnc2N)c2cccnc2)cc1C. The van der Waals surface area contributed by atoms with Crippen LogP contribution in [-0.2, 0) is 11.3 Å². The topological polar surface area (TPSA) is 112 Å². The number of hydrogen-bond acceptors (Lipinski definition) is 6. The van der Waals surface area contributed by atoms with Gasteiger partial charge in [0.1, 0.15) is 6.54 Å². The van der Waals surface area contributed by atoms with Crippen molar-refractivity contribution in [3.05, 3.63) is 65.0 Å². The first kappa shape index (κ1) is 16.6. The maximum Gasteiger partial charge on any atom is 0.242 e. The van der Waals surface area contributed by atoms with Crippen LogP contribution in [0, 0.1) is 13.8 Å². The molecule has 0 bridgehead atoms. The Morgan fingerprint density at radius 1 is 1.24 bits per heavy atom. The lowest BCUT2D eigenvalue weighted by Crippen LogP contribution is -2.33. The number of nitrogens with zero attached hydrogens (tertiary/aromatic N) is 5. The van der Waals surface area contributed by atoms with Gasteiger partial charge in [-0.1, -0.05) is 29.4 Å². The Morgan fingerprint density at radius 2 is 2.08 bits per heavy atom. The second-order valence-electron chi connectivity index (χ2n) is 5.83. The number of benzene rings is 1. The zero-order valence-corrected chi connectivity index (χ0v) is 14.0. The number of nitrogen functional groups attached to an aromatic ring is 1. The van der Waals surface area contributed by atoms with Crippen molar-refractivity contribution < 1.29 is 4.79 Å². The van der Waals surface area contributed by atoms with E-state index in [0.29, 0.717) is 0 Å². The molecule has 3 aromatic rings. The molecule has 25 heavy (non-hydrogen) atoms. The smallest absolute Gasteiger partial charge is 0.242 e. The fraction of sp³-hybridized carbons (Fsp3) is 0.235. The van der Waals surface area contributed by atoms with E-state index in [0.717, 1.165) is 16.7 Å². The number of nitrogens with two attached hydrogens (primary N) is 1. The summed E-state index contributed by atoms with van der Waals surface area (Å²) < 4.78 is 1.25. The number of pyridine rings is 1. The fourth-order valence-corrected chi connectivity index (χ4v) is 2.52. The van der Waals surface area contributed by atoms with E-state index in [1.807, 2.05) is 31.2 Å². The summed E-state index contributed by atoms with van der Waals surface area (Å²) in [6, 6.07) is 9.57. The van der Waals surface area contributed by atoms with Gasteiger partial charge >= 0.3 is 0 Å². The number of nitrogens with one attached hydrogen (secondary N) is 1. The lowest BCUT2D eigenvalue weighted by Gasteiger charge is -2.20. The van der Waals surface area contributed by atoms with Gasteiger partial charge in [0.25, 0.3) is 0 Å². The molecule has 2 aromatic heterocycles. The molecule has 0 fully saturated rings. The number of hydrogen-bond donors (Lipinski definition) is 2. The van der Waals surface area contributed by atoms with Crippen LogP contribution < -0.4 is 11.1 Å². The van der Waals surface area contributed by atoms with Crippen LogP contribution in [0.15, 0.2) is 42.7 Å². The number of tetrazole rings is 1. The van der Waals surface area contributed by atoms with E-state index in [1.165, 1.54) is 10.2 Å². The summed E-state index contributed by atoms with van der Waals surface area (Å²) in [4.78, 5) is 16.6. The first-order valence-electron chi connectivity index (χ1n) is 7.82. The Labute approximate surface area is 145 Å². The van der Waals surface area contributed by atoms with Gasteiger partial charge in [-0.25, -0.2) is 4.68 Å². The van der Waals surface area contributed by atoms with Crippen LogP contribution in [0.5, 0.6) is 0 Å². The van der Waals surface area contributed by atoms with E-state index in [4.69, 9.17) is 5.73 Å². The van der Waals surface area contributed by atoms with Gasteiger partial charge in [0, 0.05) is 12.4 Å². The highest BCUT2D eigenvalue weighted by Gasteiger charge is 2.19. The standard InChI is InChI=1S/C17H19N7O/c1-11-5-6-13(8-12(11)2)16(14-4-3-7-19-9-14)20-15(25)10-24-17(18)21-22-23-24/h3-9,16H,10H2,1-2H3,(H,20,25)(H2,18,21,23)/t16-/m1/s1. The van der Waals surface area contributed by atoms with Crippen molar-refractivity contribution in [3.63, 3.8) is 0 Å². The summed E-state index contributed by atoms with van der Waals surface area (Å²) in [6.45, 7) is 4.04. The minimum absolute atomic E-state index is 0.0551. The molecule has 2 heterocycles. The third kappa shape index (κ3) is 3.79. The molecule has 8 nitrogen and oxygen atoms in total.